The minimum absolute atomic E-state index is 0.185. The van der Waals surface area contributed by atoms with Crippen molar-refractivity contribution in [2.75, 3.05) is 6.26 Å². The molecule has 0 aliphatic rings. The van der Waals surface area contributed by atoms with E-state index >= 15 is 0 Å². The van der Waals surface area contributed by atoms with E-state index in [0.29, 0.717) is 10.9 Å². The SMILES string of the molecule is CSc1nc2nc(O)c(C(=O)O)c(C)n2n1. The number of thioether (sulfide) groups is 1. The van der Waals surface area contributed by atoms with Crippen LogP contribution in [0, 0.1) is 6.92 Å². The third-order valence-electron chi connectivity index (χ3n) is 2.08. The molecule has 0 fully saturated rings. The summed E-state index contributed by atoms with van der Waals surface area (Å²) < 4.78 is 1.30. The Hall–Kier alpha value is -1.83. The quantitative estimate of drug-likeness (QED) is 0.739. The number of nitrogens with zero attached hydrogens (tertiary/aromatic N) is 4. The van der Waals surface area contributed by atoms with Crippen molar-refractivity contribution in [3.05, 3.63) is 11.3 Å². The Labute approximate surface area is 94.1 Å². The van der Waals surface area contributed by atoms with E-state index < -0.39 is 11.8 Å². The first-order valence-electron chi connectivity index (χ1n) is 4.28. The Balaban J connectivity index is 2.81. The molecule has 0 spiro atoms. The average molecular weight is 240 g/mol. The van der Waals surface area contributed by atoms with Gasteiger partial charge < -0.3 is 10.2 Å². The van der Waals surface area contributed by atoms with Crippen LogP contribution in [0.3, 0.4) is 0 Å². The van der Waals surface area contributed by atoms with Gasteiger partial charge in [0.05, 0.1) is 5.69 Å². The van der Waals surface area contributed by atoms with Gasteiger partial charge in [0.1, 0.15) is 5.56 Å². The van der Waals surface area contributed by atoms with Crippen molar-refractivity contribution in [1.29, 1.82) is 0 Å². The molecule has 0 unspecified atom stereocenters. The molecule has 0 aromatic carbocycles. The van der Waals surface area contributed by atoms with Crippen LogP contribution in [-0.2, 0) is 0 Å². The lowest BCUT2D eigenvalue weighted by Crippen LogP contribution is -2.08. The zero-order valence-electron chi connectivity index (χ0n) is 8.50. The Kier molecular flexibility index (Phi) is 2.43. The van der Waals surface area contributed by atoms with Gasteiger partial charge in [-0.2, -0.15) is 14.5 Å². The fourth-order valence-electron chi connectivity index (χ4n) is 1.34. The van der Waals surface area contributed by atoms with Gasteiger partial charge in [0.25, 0.3) is 5.78 Å². The van der Waals surface area contributed by atoms with Crippen LogP contribution in [0.1, 0.15) is 16.1 Å². The van der Waals surface area contributed by atoms with Crippen molar-refractivity contribution in [2.45, 2.75) is 12.1 Å². The molecular weight excluding hydrogens is 232 g/mol. The van der Waals surface area contributed by atoms with Crippen LogP contribution in [0.4, 0.5) is 0 Å². The van der Waals surface area contributed by atoms with Crippen LogP contribution in [0.25, 0.3) is 5.78 Å². The smallest absolute Gasteiger partial charge is 0.343 e. The highest BCUT2D eigenvalue weighted by Crippen LogP contribution is 2.20. The number of rotatable bonds is 2. The van der Waals surface area contributed by atoms with Gasteiger partial charge in [0.2, 0.25) is 11.0 Å². The van der Waals surface area contributed by atoms with Gasteiger partial charge in [-0.25, -0.2) is 4.79 Å². The fraction of sp³-hybridized carbons (Fsp3) is 0.250. The van der Waals surface area contributed by atoms with Crippen molar-refractivity contribution in [2.24, 2.45) is 0 Å². The molecule has 0 aliphatic heterocycles. The highest BCUT2D eigenvalue weighted by molar-refractivity contribution is 7.98. The van der Waals surface area contributed by atoms with Crippen LogP contribution < -0.4 is 0 Å². The van der Waals surface area contributed by atoms with Crippen LogP contribution in [-0.4, -0.2) is 42.0 Å². The van der Waals surface area contributed by atoms with Gasteiger partial charge in [-0.3, -0.25) is 0 Å². The monoisotopic (exact) mass is 240 g/mol. The Morgan fingerprint density at radius 2 is 2.12 bits per heavy atom. The Bertz CT molecular complexity index is 580. The van der Waals surface area contributed by atoms with Gasteiger partial charge in [0.15, 0.2) is 0 Å². The molecule has 84 valence electrons. The number of aromatic nitrogens is 4. The summed E-state index contributed by atoms with van der Waals surface area (Å²) in [5, 5.41) is 22.9. The average Bonchev–Trinajstić information content (AvgIpc) is 2.60. The molecule has 0 bridgehead atoms. The first kappa shape index (κ1) is 10.7. The van der Waals surface area contributed by atoms with Crippen molar-refractivity contribution < 1.29 is 15.0 Å². The molecule has 2 N–H and O–H groups in total. The molecule has 8 heteroatoms. The minimum atomic E-state index is -1.24. The summed E-state index contributed by atoms with van der Waals surface area (Å²) in [5.74, 6) is -1.60. The molecule has 2 heterocycles. The molecule has 2 aromatic heterocycles. The molecule has 2 rings (SSSR count). The van der Waals surface area contributed by atoms with Crippen LogP contribution in [0.5, 0.6) is 5.88 Å². The third-order valence-corrected chi connectivity index (χ3v) is 2.61. The largest absolute Gasteiger partial charge is 0.493 e. The summed E-state index contributed by atoms with van der Waals surface area (Å²) in [7, 11) is 0. The van der Waals surface area contributed by atoms with Crippen LogP contribution >= 0.6 is 11.8 Å². The number of hydrogen-bond acceptors (Lipinski definition) is 6. The summed E-state index contributed by atoms with van der Waals surface area (Å²) in [5.41, 5.74) is 0.0350. The number of hydrogen-bond donors (Lipinski definition) is 2. The van der Waals surface area contributed by atoms with E-state index in [-0.39, 0.29) is 11.3 Å². The number of aryl methyl sites for hydroxylation is 1. The molecule has 0 radical (unpaired) electrons. The number of fused-ring (bicyclic) bond motifs is 1. The third kappa shape index (κ3) is 1.47. The second-order valence-electron chi connectivity index (χ2n) is 3.01. The van der Waals surface area contributed by atoms with Gasteiger partial charge in [-0.05, 0) is 13.2 Å². The standard InChI is InChI=1S/C8H8N4O3S/c1-3-4(6(14)15)5(13)9-7-10-8(16-2)11-12(3)7/h1-2H3,(H,14,15)(H,9,10,11,13). The molecule has 0 saturated heterocycles. The summed E-state index contributed by atoms with van der Waals surface area (Å²) in [6.45, 7) is 1.54. The zero-order valence-corrected chi connectivity index (χ0v) is 9.32. The maximum absolute atomic E-state index is 10.9. The second-order valence-corrected chi connectivity index (χ2v) is 3.78. The van der Waals surface area contributed by atoms with Crippen LogP contribution in [0.2, 0.25) is 0 Å². The topological polar surface area (TPSA) is 101 Å². The van der Waals surface area contributed by atoms with Gasteiger partial charge >= 0.3 is 5.97 Å². The predicted octanol–water partition coefficient (Wildman–Crippen LogP) is 0.558. The molecule has 2 aromatic rings. The molecule has 0 saturated carbocycles. The second kappa shape index (κ2) is 3.63. The maximum Gasteiger partial charge on any atom is 0.343 e. The van der Waals surface area contributed by atoms with E-state index in [1.54, 1.807) is 6.26 Å². The lowest BCUT2D eigenvalue weighted by Gasteiger charge is -2.03. The van der Waals surface area contributed by atoms with Crippen molar-refractivity contribution >= 4 is 23.5 Å². The van der Waals surface area contributed by atoms with E-state index in [2.05, 4.69) is 15.1 Å². The van der Waals surface area contributed by atoms with E-state index in [1.165, 1.54) is 23.2 Å². The van der Waals surface area contributed by atoms with Crippen molar-refractivity contribution in [3.63, 3.8) is 0 Å². The number of aromatic carboxylic acids is 1. The van der Waals surface area contributed by atoms with Gasteiger partial charge in [0, 0.05) is 0 Å². The summed E-state index contributed by atoms with van der Waals surface area (Å²) >= 11 is 1.31. The first-order valence-corrected chi connectivity index (χ1v) is 5.50. The summed E-state index contributed by atoms with van der Waals surface area (Å²) in [6, 6.07) is 0. The Morgan fingerprint density at radius 1 is 1.44 bits per heavy atom. The zero-order chi connectivity index (χ0) is 11.9. The van der Waals surface area contributed by atoms with E-state index in [9.17, 15) is 9.90 Å². The number of carboxylic acids is 1. The van der Waals surface area contributed by atoms with Gasteiger partial charge in [-0.15, -0.1) is 5.10 Å². The van der Waals surface area contributed by atoms with Crippen LogP contribution in [0.15, 0.2) is 5.16 Å². The predicted molar refractivity (Wildman–Crippen MR) is 55.9 cm³/mol. The molecular formula is C8H8N4O3S. The summed E-state index contributed by atoms with van der Waals surface area (Å²) in [6.07, 6.45) is 1.79. The number of carbonyl (C=O) groups is 1. The summed E-state index contributed by atoms with van der Waals surface area (Å²) in [4.78, 5) is 18.6. The Morgan fingerprint density at radius 3 is 2.69 bits per heavy atom. The van der Waals surface area contributed by atoms with E-state index in [0.717, 1.165) is 0 Å². The first-order chi connectivity index (χ1) is 7.54. The molecule has 0 aliphatic carbocycles. The van der Waals surface area contributed by atoms with Gasteiger partial charge in [-0.1, -0.05) is 11.8 Å². The molecule has 0 atom stereocenters. The molecule has 0 amide bonds. The highest BCUT2D eigenvalue weighted by Gasteiger charge is 2.19. The number of carboxylic acid groups (broad SMARTS) is 1. The molecule has 7 nitrogen and oxygen atoms in total. The van der Waals surface area contributed by atoms with Crippen molar-refractivity contribution in [1.82, 2.24) is 19.6 Å². The fourth-order valence-corrected chi connectivity index (χ4v) is 1.67. The molecule has 16 heavy (non-hydrogen) atoms. The lowest BCUT2D eigenvalue weighted by atomic mass is 10.2. The van der Waals surface area contributed by atoms with E-state index in [1.807, 2.05) is 0 Å². The minimum Gasteiger partial charge on any atom is -0.493 e. The maximum atomic E-state index is 10.9. The lowest BCUT2D eigenvalue weighted by molar-refractivity contribution is 0.0691. The van der Waals surface area contributed by atoms with Crippen molar-refractivity contribution in [3.8, 4) is 5.88 Å². The van der Waals surface area contributed by atoms with E-state index in [4.69, 9.17) is 5.11 Å². The normalized spacial score (nSPS) is 10.9. The highest BCUT2D eigenvalue weighted by atomic mass is 32.2. The number of aromatic hydroxyl groups is 1.